The van der Waals surface area contributed by atoms with Gasteiger partial charge < -0.3 is 10.5 Å². The molecule has 0 fully saturated rings. The second-order valence-electron chi connectivity index (χ2n) is 4.57. The van der Waals surface area contributed by atoms with Crippen LogP contribution in [0, 0.1) is 0 Å². The van der Waals surface area contributed by atoms with Crippen molar-refractivity contribution in [2.45, 2.75) is 19.1 Å². The number of hydrogen-bond acceptors (Lipinski definition) is 3. The van der Waals surface area contributed by atoms with Crippen molar-refractivity contribution < 1.29 is 17.9 Å². The molecule has 1 aromatic heterocycles. The normalized spacial score (nSPS) is 11.1. The lowest BCUT2D eigenvalue weighted by molar-refractivity contribution is -0.153. The minimum absolute atomic E-state index is 0. The van der Waals surface area contributed by atoms with Gasteiger partial charge in [-0.05, 0) is 30.7 Å². The van der Waals surface area contributed by atoms with Crippen molar-refractivity contribution in [3.63, 3.8) is 0 Å². The second-order valence-corrected chi connectivity index (χ2v) is 4.57. The Balaban J connectivity index is 0.00000242. The van der Waals surface area contributed by atoms with E-state index >= 15 is 0 Å². The van der Waals surface area contributed by atoms with Crippen molar-refractivity contribution in [3.8, 4) is 16.9 Å². The zero-order chi connectivity index (χ0) is 15.3. The largest absolute Gasteiger partial charge is 0.484 e. The molecule has 1 heterocycles. The summed E-state index contributed by atoms with van der Waals surface area (Å²) in [5.74, 6) is 0.180. The number of rotatable bonds is 6. The van der Waals surface area contributed by atoms with Gasteiger partial charge in [0.15, 0.2) is 6.61 Å². The van der Waals surface area contributed by atoms with Crippen LogP contribution in [-0.4, -0.2) is 29.1 Å². The number of ether oxygens (including phenoxy) is 1. The Hall–Kier alpha value is -1.73. The molecular formula is C14H17ClF3N3O. The fourth-order valence-electron chi connectivity index (χ4n) is 1.82. The quantitative estimate of drug-likeness (QED) is 0.881. The number of hydrogen-bond donors (Lipinski definition) is 1. The third-order valence-electron chi connectivity index (χ3n) is 2.79. The zero-order valence-corrected chi connectivity index (χ0v) is 12.5. The molecular weight excluding hydrogens is 319 g/mol. The predicted octanol–water partition coefficient (Wildman–Crippen LogP) is 3.26. The average molecular weight is 336 g/mol. The fraction of sp³-hybridized carbons (Fsp3) is 0.357. The number of alkyl halides is 3. The summed E-state index contributed by atoms with van der Waals surface area (Å²) in [5.41, 5.74) is 7.01. The van der Waals surface area contributed by atoms with Crippen LogP contribution in [0.25, 0.3) is 11.1 Å². The molecule has 0 amide bonds. The maximum absolute atomic E-state index is 12.1. The highest BCUT2D eigenvalue weighted by molar-refractivity contribution is 5.85. The molecule has 0 saturated carbocycles. The average Bonchev–Trinajstić information content (AvgIpc) is 2.91. The lowest BCUT2D eigenvalue weighted by Crippen LogP contribution is -2.19. The smallest absolute Gasteiger partial charge is 0.422 e. The van der Waals surface area contributed by atoms with Gasteiger partial charge in [-0.15, -0.1) is 12.4 Å². The summed E-state index contributed by atoms with van der Waals surface area (Å²) in [4.78, 5) is 0. The van der Waals surface area contributed by atoms with E-state index in [2.05, 4.69) is 5.10 Å². The lowest BCUT2D eigenvalue weighted by Gasteiger charge is -2.09. The minimum atomic E-state index is -4.34. The van der Waals surface area contributed by atoms with Gasteiger partial charge in [-0.1, -0.05) is 12.1 Å². The van der Waals surface area contributed by atoms with Crippen LogP contribution in [0.3, 0.4) is 0 Å². The maximum Gasteiger partial charge on any atom is 0.422 e. The van der Waals surface area contributed by atoms with Gasteiger partial charge >= 0.3 is 6.18 Å². The van der Waals surface area contributed by atoms with Crippen LogP contribution in [0.15, 0.2) is 36.7 Å². The van der Waals surface area contributed by atoms with Gasteiger partial charge in [0, 0.05) is 18.3 Å². The molecule has 0 atom stereocenters. The monoisotopic (exact) mass is 335 g/mol. The summed E-state index contributed by atoms with van der Waals surface area (Å²) in [5, 5.41) is 4.19. The maximum atomic E-state index is 12.1. The van der Waals surface area contributed by atoms with Crippen molar-refractivity contribution in [1.29, 1.82) is 0 Å². The van der Waals surface area contributed by atoms with Crippen molar-refractivity contribution in [3.05, 3.63) is 36.7 Å². The molecule has 22 heavy (non-hydrogen) atoms. The summed E-state index contributed by atoms with van der Waals surface area (Å²) >= 11 is 0. The molecule has 0 saturated heterocycles. The predicted molar refractivity (Wildman–Crippen MR) is 80.1 cm³/mol. The summed E-state index contributed by atoms with van der Waals surface area (Å²) < 4.78 is 42.9. The highest BCUT2D eigenvalue weighted by Crippen LogP contribution is 2.25. The van der Waals surface area contributed by atoms with Crippen molar-refractivity contribution >= 4 is 12.4 Å². The standard InChI is InChI=1S/C14H16F3N3O.ClH/c15-14(16,17)10-21-13-4-1-3-11(7-13)12-8-19-20(9-12)6-2-5-18;/h1,3-4,7-9H,2,5-6,10,18H2;1H. The molecule has 1 aromatic carbocycles. The van der Waals surface area contributed by atoms with Crippen LogP contribution < -0.4 is 10.5 Å². The Kier molecular flexibility index (Phi) is 6.70. The van der Waals surface area contributed by atoms with Gasteiger partial charge in [0.05, 0.1) is 6.20 Å². The fourth-order valence-corrected chi connectivity index (χ4v) is 1.82. The van der Waals surface area contributed by atoms with Gasteiger partial charge in [0.25, 0.3) is 0 Å². The van der Waals surface area contributed by atoms with Crippen LogP contribution in [-0.2, 0) is 6.54 Å². The molecule has 2 aromatic rings. The van der Waals surface area contributed by atoms with E-state index in [-0.39, 0.29) is 18.2 Å². The summed E-state index contributed by atoms with van der Waals surface area (Å²) in [7, 11) is 0. The lowest BCUT2D eigenvalue weighted by atomic mass is 10.1. The van der Waals surface area contributed by atoms with Crippen molar-refractivity contribution in [2.24, 2.45) is 5.73 Å². The highest BCUT2D eigenvalue weighted by Gasteiger charge is 2.28. The Labute approximate surface area is 132 Å². The topological polar surface area (TPSA) is 53.1 Å². The molecule has 8 heteroatoms. The molecule has 4 nitrogen and oxygen atoms in total. The van der Waals surface area contributed by atoms with Gasteiger partial charge in [0.1, 0.15) is 5.75 Å². The summed E-state index contributed by atoms with van der Waals surface area (Å²) in [6, 6.07) is 6.51. The third kappa shape index (κ3) is 5.57. The highest BCUT2D eigenvalue weighted by atomic mass is 35.5. The first-order chi connectivity index (χ1) is 9.98. The van der Waals surface area contributed by atoms with Crippen LogP contribution in [0.4, 0.5) is 13.2 Å². The van der Waals surface area contributed by atoms with E-state index in [0.717, 1.165) is 17.5 Å². The Morgan fingerprint density at radius 2 is 2.00 bits per heavy atom. The van der Waals surface area contributed by atoms with Crippen LogP contribution in [0.5, 0.6) is 5.75 Å². The number of aromatic nitrogens is 2. The molecule has 0 aliphatic carbocycles. The van der Waals surface area contributed by atoms with Crippen LogP contribution in [0.2, 0.25) is 0 Å². The van der Waals surface area contributed by atoms with E-state index in [4.69, 9.17) is 10.5 Å². The molecule has 0 aliphatic heterocycles. The van der Waals surface area contributed by atoms with Gasteiger partial charge in [0.2, 0.25) is 0 Å². The molecule has 0 aliphatic rings. The van der Waals surface area contributed by atoms with E-state index in [9.17, 15) is 13.2 Å². The second kappa shape index (κ2) is 8.05. The first-order valence-electron chi connectivity index (χ1n) is 6.50. The molecule has 2 rings (SSSR count). The minimum Gasteiger partial charge on any atom is -0.484 e. The Bertz CT molecular complexity index is 587. The molecule has 122 valence electrons. The van der Waals surface area contributed by atoms with E-state index in [1.54, 1.807) is 29.1 Å². The SMILES string of the molecule is Cl.NCCCn1cc(-c2cccc(OCC(F)(F)F)c2)cn1. The summed E-state index contributed by atoms with van der Waals surface area (Å²) in [6.45, 7) is -0.0110. The van der Waals surface area contributed by atoms with Gasteiger partial charge in [-0.25, -0.2) is 0 Å². The number of benzene rings is 1. The molecule has 0 spiro atoms. The first-order valence-corrected chi connectivity index (χ1v) is 6.50. The van der Waals surface area contributed by atoms with E-state index < -0.39 is 12.8 Å². The van der Waals surface area contributed by atoms with E-state index in [1.807, 2.05) is 6.20 Å². The molecule has 0 radical (unpaired) electrons. The summed E-state index contributed by atoms with van der Waals surface area (Å²) in [6.07, 6.45) is -0.0309. The first kappa shape index (κ1) is 18.3. The van der Waals surface area contributed by atoms with Crippen LogP contribution in [0.1, 0.15) is 6.42 Å². The Morgan fingerprint density at radius 3 is 2.68 bits per heavy atom. The Morgan fingerprint density at radius 1 is 1.23 bits per heavy atom. The number of halogens is 4. The van der Waals surface area contributed by atoms with E-state index in [0.29, 0.717) is 13.1 Å². The zero-order valence-electron chi connectivity index (χ0n) is 11.7. The molecule has 0 bridgehead atoms. The van der Waals surface area contributed by atoms with E-state index in [1.165, 1.54) is 6.07 Å². The number of nitrogens with two attached hydrogens (primary N) is 1. The van der Waals surface area contributed by atoms with Crippen molar-refractivity contribution in [2.75, 3.05) is 13.2 Å². The number of nitrogens with zero attached hydrogens (tertiary/aromatic N) is 2. The van der Waals surface area contributed by atoms with Crippen molar-refractivity contribution in [1.82, 2.24) is 9.78 Å². The molecule has 2 N–H and O–H groups in total. The number of aryl methyl sites for hydroxylation is 1. The molecule has 0 unspecified atom stereocenters. The third-order valence-corrected chi connectivity index (χ3v) is 2.79. The van der Waals surface area contributed by atoms with Crippen LogP contribution >= 0.6 is 12.4 Å². The van der Waals surface area contributed by atoms with Gasteiger partial charge in [-0.3, -0.25) is 4.68 Å². The van der Waals surface area contributed by atoms with Gasteiger partial charge in [-0.2, -0.15) is 18.3 Å².